The second-order valence-corrected chi connectivity index (χ2v) is 9.44. The highest BCUT2D eigenvalue weighted by Gasteiger charge is 2.19. The summed E-state index contributed by atoms with van der Waals surface area (Å²) in [6.45, 7) is 7.28. The molecule has 188 valence electrons. The molecule has 6 heteroatoms. The van der Waals surface area contributed by atoms with Crippen LogP contribution in [0.1, 0.15) is 28.9 Å². The van der Waals surface area contributed by atoms with E-state index in [1.165, 1.54) is 5.56 Å². The molecule has 0 unspecified atom stereocenters. The lowest BCUT2D eigenvalue weighted by Gasteiger charge is -2.34. The van der Waals surface area contributed by atoms with E-state index in [1.54, 1.807) is 0 Å². The molecule has 2 heterocycles. The van der Waals surface area contributed by atoms with Gasteiger partial charge in [-0.1, -0.05) is 54.3 Å². The van der Waals surface area contributed by atoms with E-state index in [0.29, 0.717) is 6.54 Å². The molecule has 0 saturated carbocycles. The fraction of sp³-hybridized carbons (Fsp3) is 0.290. The van der Waals surface area contributed by atoms with E-state index in [9.17, 15) is 0 Å². The summed E-state index contributed by atoms with van der Waals surface area (Å²) in [5.74, 6) is 8.26. The highest BCUT2D eigenvalue weighted by atomic mass is 15.3. The number of hydrogen-bond acceptors (Lipinski definition) is 6. The van der Waals surface area contributed by atoms with Crippen molar-refractivity contribution >= 4 is 16.7 Å². The molecule has 0 spiro atoms. The molecule has 0 aliphatic carbocycles. The lowest BCUT2D eigenvalue weighted by Crippen LogP contribution is -2.45. The highest BCUT2D eigenvalue weighted by molar-refractivity contribution is 5.88. The molecule has 3 N–H and O–H groups in total. The first kappa shape index (κ1) is 24.9. The van der Waals surface area contributed by atoms with E-state index < -0.39 is 0 Å². The predicted molar refractivity (Wildman–Crippen MR) is 151 cm³/mol. The number of aromatic nitrogens is 2. The van der Waals surface area contributed by atoms with Gasteiger partial charge in [0.15, 0.2) is 0 Å². The van der Waals surface area contributed by atoms with Crippen LogP contribution in [-0.2, 0) is 13.1 Å². The van der Waals surface area contributed by atoms with Gasteiger partial charge in [0, 0.05) is 55.8 Å². The number of nitrogens with one attached hydrogen (secondary N) is 1. The summed E-state index contributed by atoms with van der Waals surface area (Å²) in [6.07, 6.45) is 0.916. The van der Waals surface area contributed by atoms with E-state index in [4.69, 9.17) is 15.7 Å². The van der Waals surface area contributed by atoms with Crippen molar-refractivity contribution in [3.63, 3.8) is 0 Å². The molecule has 6 nitrogen and oxygen atoms in total. The summed E-state index contributed by atoms with van der Waals surface area (Å²) in [5, 5.41) is 4.51. The van der Waals surface area contributed by atoms with E-state index in [-0.39, 0.29) is 0 Å². The highest BCUT2D eigenvalue weighted by Crippen LogP contribution is 2.21. The first-order valence-electron chi connectivity index (χ1n) is 13.1. The van der Waals surface area contributed by atoms with E-state index in [2.05, 4.69) is 63.4 Å². The Morgan fingerprint density at radius 2 is 1.38 bits per heavy atom. The fourth-order valence-electron chi connectivity index (χ4n) is 4.56. The molecule has 0 radical (unpaired) electrons. The predicted octanol–water partition coefficient (Wildman–Crippen LogP) is 4.11. The molecule has 5 rings (SSSR count). The van der Waals surface area contributed by atoms with Gasteiger partial charge in [-0.05, 0) is 54.9 Å². The number of benzene rings is 3. The zero-order valence-electron chi connectivity index (χ0n) is 21.2. The number of rotatable bonds is 8. The lowest BCUT2D eigenvalue weighted by molar-refractivity contribution is 0.120. The molecule has 1 saturated heterocycles. The average Bonchev–Trinajstić information content (AvgIpc) is 2.94. The third kappa shape index (κ3) is 6.93. The fourth-order valence-corrected chi connectivity index (χ4v) is 4.56. The van der Waals surface area contributed by atoms with Crippen LogP contribution < -0.4 is 11.1 Å². The standard InChI is InChI=1S/C31H34N6/c32-17-6-18-33-31-28-9-4-5-10-29(28)34-30(35-31)24-37-21-19-36(20-22-37)23-27-15-13-26(14-16-27)12-11-25-7-2-1-3-8-25/h1-5,7-10,13-16H,6,17-24,32H2,(H,33,34,35). The number of piperazine rings is 1. The number of nitrogens with two attached hydrogens (primary N) is 1. The Kier molecular flexibility index (Phi) is 8.39. The second kappa shape index (κ2) is 12.5. The molecule has 1 aromatic heterocycles. The molecule has 1 aliphatic heterocycles. The van der Waals surface area contributed by atoms with Crippen LogP contribution in [-0.4, -0.2) is 59.0 Å². The van der Waals surface area contributed by atoms with Gasteiger partial charge in [0.1, 0.15) is 11.6 Å². The third-order valence-corrected chi connectivity index (χ3v) is 6.64. The molecule has 1 aliphatic rings. The van der Waals surface area contributed by atoms with E-state index >= 15 is 0 Å². The molecule has 0 amide bonds. The zero-order valence-corrected chi connectivity index (χ0v) is 21.2. The van der Waals surface area contributed by atoms with Crippen LogP contribution >= 0.6 is 0 Å². The van der Waals surface area contributed by atoms with Gasteiger partial charge in [0.25, 0.3) is 0 Å². The Balaban J connectivity index is 1.15. The number of fused-ring (bicyclic) bond motifs is 1. The topological polar surface area (TPSA) is 70.3 Å². The third-order valence-electron chi connectivity index (χ3n) is 6.64. The Bertz CT molecular complexity index is 1350. The van der Waals surface area contributed by atoms with Crippen LogP contribution in [0.25, 0.3) is 10.9 Å². The zero-order chi connectivity index (χ0) is 25.3. The first-order chi connectivity index (χ1) is 18.3. The minimum atomic E-state index is 0.666. The van der Waals surface area contributed by atoms with Crippen LogP contribution in [0.3, 0.4) is 0 Å². The van der Waals surface area contributed by atoms with Crippen molar-refractivity contribution in [2.45, 2.75) is 19.5 Å². The largest absolute Gasteiger partial charge is 0.369 e. The maximum atomic E-state index is 5.67. The Morgan fingerprint density at radius 1 is 0.730 bits per heavy atom. The minimum Gasteiger partial charge on any atom is -0.369 e. The average molecular weight is 491 g/mol. The Labute approximate surface area is 219 Å². The van der Waals surface area contributed by atoms with Gasteiger partial charge in [0.2, 0.25) is 0 Å². The van der Waals surface area contributed by atoms with Crippen LogP contribution in [0.5, 0.6) is 0 Å². The van der Waals surface area contributed by atoms with E-state index in [0.717, 1.165) is 85.9 Å². The summed E-state index contributed by atoms with van der Waals surface area (Å²) in [6, 6.07) is 26.9. The Hall–Kier alpha value is -3.76. The normalized spacial score (nSPS) is 14.3. The molecule has 4 aromatic rings. The van der Waals surface area contributed by atoms with Crippen molar-refractivity contribution in [2.24, 2.45) is 5.73 Å². The minimum absolute atomic E-state index is 0.666. The van der Waals surface area contributed by atoms with Crippen LogP contribution in [0.4, 0.5) is 5.82 Å². The SMILES string of the molecule is NCCCNc1nc(CN2CCN(Cc3ccc(C#Cc4ccccc4)cc3)CC2)nc2ccccc12. The summed E-state index contributed by atoms with van der Waals surface area (Å²) in [4.78, 5) is 14.7. The summed E-state index contributed by atoms with van der Waals surface area (Å²) in [5.41, 5.74) is 10.1. The molecular weight excluding hydrogens is 456 g/mol. The Morgan fingerprint density at radius 3 is 2.11 bits per heavy atom. The van der Waals surface area contributed by atoms with Gasteiger partial charge in [-0.2, -0.15) is 0 Å². The molecule has 37 heavy (non-hydrogen) atoms. The summed E-state index contributed by atoms with van der Waals surface area (Å²) in [7, 11) is 0. The van der Waals surface area contributed by atoms with Crippen molar-refractivity contribution < 1.29 is 0 Å². The smallest absolute Gasteiger partial charge is 0.145 e. The van der Waals surface area contributed by atoms with Crippen LogP contribution in [0.15, 0.2) is 78.9 Å². The maximum Gasteiger partial charge on any atom is 0.145 e. The van der Waals surface area contributed by atoms with E-state index in [1.807, 2.05) is 42.5 Å². The van der Waals surface area contributed by atoms with Gasteiger partial charge in [0.05, 0.1) is 12.1 Å². The van der Waals surface area contributed by atoms with Gasteiger partial charge in [-0.15, -0.1) is 0 Å². The quantitative estimate of drug-likeness (QED) is 0.286. The molecule has 0 bridgehead atoms. The number of nitrogens with zero attached hydrogens (tertiary/aromatic N) is 4. The number of para-hydroxylation sites is 1. The van der Waals surface area contributed by atoms with Gasteiger partial charge in [-0.3, -0.25) is 9.80 Å². The van der Waals surface area contributed by atoms with Crippen molar-refractivity contribution in [3.8, 4) is 11.8 Å². The van der Waals surface area contributed by atoms with Crippen molar-refractivity contribution in [1.29, 1.82) is 0 Å². The molecule has 3 aromatic carbocycles. The molecule has 0 atom stereocenters. The van der Waals surface area contributed by atoms with Crippen molar-refractivity contribution in [1.82, 2.24) is 19.8 Å². The monoisotopic (exact) mass is 490 g/mol. The van der Waals surface area contributed by atoms with Gasteiger partial charge >= 0.3 is 0 Å². The molecular formula is C31H34N6. The van der Waals surface area contributed by atoms with Gasteiger partial charge < -0.3 is 11.1 Å². The second-order valence-electron chi connectivity index (χ2n) is 9.44. The molecule has 1 fully saturated rings. The maximum absolute atomic E-state index is 5.67. The summed E-state index contributed by atoms with van der Waals surface area (Å²) >= 11 is 0. The lowest BCUT2D eigenvalue weighted by atomic mass is 10.1. The van der Waals surface area contributed by atoms with Crippen molar-refractivity contribution in [3.05, 3.63) is 101 Å². The first-order valence-corrected chi connectivity index (χ1v) is 13.1. The van der Waals surface area contributed by atoms with Crippen molar-refractivity contribution in [2.75, 3.05) is 44.6 Å². The summed E-state index contributed by atoms with van der Waals surface area (Å²) < 4.78 is 0. The number of hydrogen-bond donors (Lipinski definition) is 2. The van der Waals surface area contributed by atoms with Crippen LogP contribution in [0.2, 0.25) is 0 Å². The van der Waals surface area contributed by atoms with Crippen LogP contribution in [0, 0.1) is 11.8 Å². The van der Waals surface area contributed by atoms with Gasteiger partial charge in [-0.25, -0.2) is 9.97 Å². The number of anilines is 1.